The molecule has 0 bridgehead atoms. The Balaban J connectivity index is 2.15. The summed E-state index contributed by atoms with van der Waals surface area (Å²) in [5.41, 5.74) is 0.458. The summed E-state index contributed by atoms with van der Waals surface area (Å²) < 4.78 is 0.939. The molecule has 0 N–H and O–H groups in total. The van der Waals surface area contributed by atoms with Crippen LogP contribution in [0.3, 0.4) is 0 Å². The summed E-state index contributed by atoms with van der Waals surface area (Å²) >= 11 is 4.67. The summed E-state index contributed by atoms with van der Waals surface area (Å²) in [6.45, 7) is 0.100. The largest absolute Gasteiger partial charge is 0.304 e. The van der Waals surface area contributed by atoms with Crippen LogP contribution in [-0.2, 0) is 0 Å². The molecule has 0 radical (unpaired) electrons. The molecule has 0 spiro atoms. The maximum Gasteiger partial charge on any atom is 0.282 e. The lowest BCUT2D eigenvalue weighted by Gasteiger charge is -2.19. The van der Waals surface area contributed by atoms with Gasteiger partial charge in [0, 0.05) is 16.4 Å². The van der Waals surface area contributed by atoms with Crippen molar-refractivity contribution < 1.29 is 0 Å². The lowest BCUT2D eigenvalue weighted by molar-refractivity contribution is 1.07. The van der Waals surface area contributed by atoms with Gasteiger partial charge in [0.15, 0.2) is 5.13 Å². The van der Waals surface area contributed by atoms with Crippen LogP contribution in [0.25, 0.3) is 10.2 Å². The van der Waals surface area contributed by atoms with E-state index in [0.29, 0.717) is 15.3 Å². The molecule has 0 aliphatic rings. The monoisotopic (exact) mass is 372 g/mol. The first-order chi connectivity index (χ1) is 10.7. The van der Waals surface area contributed by atoms with Gasteiger partial charge in [-0.15, -0.1) is 0 Å². The molecule has 0 atom stereocenters. The number of benzene rings is 1. The zero-order valence-electron chi connectivity index (χ0n) is 11.2. The standard InChI is InChI=1S/C15H9BrN4OS/c16-10-3-5-11(6-4-10)20(9-7-17)15-19-13(21)12-2-1-8-18-14(12)22-15/h1-6,8H,9H2. The van der Waals surface area contributed by atoms with Crippen molar-refractivity contribution in [2.45, 2.75) is 0 Å². The molecule has 0 unspecified atom stereocenters. The average molecular weight is 373 g/mol. The number of anilines is 2. The Morgan fingerprint density at radius 1 is 1.27 bits per heavy atom. The van der Waals surface area contributed by atoms with Crippen molar-refractivity contribution in [1.29, 1.82) is 5.26 Å². The van der Waals surface area contributed by atoms with E-state index in [0.717, 1.165) is 10.2 Å². The zero-order valence-corrected chi connectivity index (χ0v) is 13.6. The summed E-state index contributed by atoms with van der Waals surface area (Å²) in [6, 6.07) is 13.0. The molecule has 108 valence electrons. The van der Waals surface area contributed by atoms with Gasteiger partial charge in [0.25, 0.3) is 5.56 Å². The number of aromatic nitrogens is 2. The Bertz CT molecular complexity index is 917. The smallest absolute Gasteiger partial charge is 0.282 e. The van der Waals surface area contributed by atoms with Crippen molar-refractivity contribution in [2.75, 3.05) is 11.4 Å². The van der Waals surface area contributed by atoms with Crippen LogP contribution in [-0.4, -0.2) is 16.5 Å². The Morgan fingerprint density at radius 2 is 2.05 bits per heavy atom. The quantitative estimate of drug-likeness (QED) is 0.658. The molecule has 0 aliphatic carbocycles. The second-order valence-corrected chi connectivity index (χ2v) is 6.25. The van der Waals surface area contributed by atoms with E-state index in [2.05, 4.69) is 32.0 Å². The van der Waals surface area contributed by atoms with E-state index in [-0.39, 0.29) is 12.1 Å². The van der Waals surface area contributed by atoms with Crippen molar-refractivity contribution in [3.63, 3.8) is 0 Å². The van der Waals surface area contributed by atoms with Gasteiger partial charge in [0.2, 0.25) is 0 Å². The molecule has 3 aromatic rings. The minimum absolute atomic E-state index is 0.100. The van der Waals surface area contributed by atoms with E-state index >= 15 is 0 Å². The third kappa shape index (κ3) is 2.84. The number of hydrogen-bond donors (Lipinski definition) is 0. The second-order valence-electron chi connectivity index (χ2n) is 4.38. The third-order valence-corrected chi connectivity index (χ3v) is 4.53. The van der Waals surface area contributed by atoms with Gasteiger partial charge < -0.3 is 4.90 Å². The van der Waals surface area contributed by atoms with Crippen LogP contribution >= 0.6 is 27.3 Å². The SMILES string of the molecule is N#CCN(c1ccc(Br)cc1)c1nc(=O)c2cccnc2s1. The summed E-state index contributed by atoms with van der Waals surface area (Å²) in [4.78, 5) is 22.8. The van der Waals surface area contributed by atoms with Crippen molar-refractivity contribution in [3.05, 3.63) is 57.4 Å². The molecule has 2 aromatic heterocycles. The van der Waals surface area contributed by atoms with Gasteiger partial charge in [0.05, 0.1) is 11.5 Å². The minimum Gasteiger partial charge on any atom is -0.304 e. The molecule has 2 heterocycles. The highest BCUT2D eigenvalue weighted by molar-refractivity contribution is 9.10. The van der Waals surface area contributed by atoms with Crippen LogP contribution in [0.1, 0.15) is 0 Å². The second kappa shape index (κ2) is 6.22. The van der Waals surface area contributed by atoms with Crippen molar-refractivity contribution >= 4 is 48.3 Å². The van der Waals surface area contributed by atoms with Crippen LogP contribution in [0, 0.1) is 11.3 Å². The number of rotatable bonds is 3. The van der Waals surface area contributed by atoms with Gasteiger partial charge in [-0.25, -0.2) is 4.98 Å². The van der Waals surface area contributed by atoms with E-state index in [1.54, 1.807) is 23.2 Å². The number of hydrogen-bond acceptors (Lipinski definition) is 6. The lowest BCUT2D eigenvalue weighted by Crippen LogP contribution is -2.20. The van der Waals surface area contributed by atoms with E-state index in [1.807, 2.05) is 24.3 Å². The number of fused-ring (bicyclic) bond motifs is 1. The molecular formula is C15H9BrN4OS. The first-order valence-electron chi connectivity index (χ1n) is 6.35. The number of halogens is 1. The predicted octanol–water partition coefficient (Wildman–Crippen LogP) is 3.48. The summed E-state index contributed by atoms with van der Waals surface area (Å²) in [5, 5.41) is 10.0. The normalized spacial score (nSPS) is 10.4. The lowest BCUT2D eigenvalue weighted by atomic mass is 10.3. The first-order valence-corrected chi connectivity index (χ1v) is 7.96. The molecule has 22 heavy (non-hydrogen) atoms. The number of pyridine rings is 1. The molecule has 0 fully saturated rings. The fourth-order valence-corrected chi connectivity index (χ4v) is 3.19. The maximum absolute atomic E-state index is 12.1. The maximum atomic E-state index is 12.1. The number of nitriles is 1. The van der Waals surface area contributed by atoms with Crippen LogP contribution in [0.4, 0.5) is 10.8 Å². The Morgan fingerprint density at radius 3 is 2.77 bits per heavy atom. The van der Waals surface area contributed by atoms with E-state index in [1.165, 1.54) is 11.3 Å². The van der Waals surface area contributed by atoms with E-state index < -0.39 is 0 Å². The fraction of sp³-hybridized carbons (Fsp3) is 0.0667. The highest BCUT2D eigenvalue weighted by atomic mass is 79.9. The summed E-state index contributed by atoms with van der Waals surface area (Å²) in [6.07, 6.45) is 1.64. The topological polar surface area (TPSA) is 69.9 Å². The van der Waals surface area contributed by atoms with Crippen LogP contribution in [0.15, 0.2) is 51.9 Å². The first kappa shape index (κ1) is 14.6. The van der Waals surface area contributed by atoms with Crippen LogP contribution in [0.5, 0.6) is 0 Å². The van der Waals surface area contributed by atoms with E-state index in [9.17, 15) is 4.79 Å². The Labute approximate surface area is 138 Å². The van der Waals surface area contributed by atoms with Gasteiger partial charge in [0.1, 0.15) is 11.4 Å². The molecule has 5 nitrogen and oxygen atoms in total. The Kier molecular flexibility index (Phi) is 4.13. The zero-order chi connectivity index (χ0) is 15.5. The van der Waals surface area contributed by atoms with Crippen LogP contribution in [0.2, 0.25) is 0 Å². The minimum atomic E-state index is -0.336. The van der Waals surface area contributed by atoms with Crippen molar-refractivity contribution in [3.8, 4) is 6.07 Å². The summed E-state index contributed by atoms with van der Waals surface area (Å²) in [7, 11) is 0. The highest BCUT2D eigenvalue weighted by Crippen LogP contribution is 2.29. The van der Waals surface area contributed by atoms with Gasteiger partial charge in [-0.3, -0.25) is 4.79 Å². The molecule has 0 saturated carbocycles. The molecule has 0 aliphatic heterocycles. The Hall–Kier alpha value is -2.30. The van der Waals surface area contributed by atoms with Crippen molar-refractivity contribution in [1.82, 2.24) is 9.97 Å². The summed E-state index contributed by atoms with van der Waals surface area (Å²) in [5.74, 6) is 0. The predicted molar refractivity (Wildman–Crippen MR) is 90.4 cm³/mol. The van der Waals surface area contributed by atoms with E-state index in [4.69, 9.17) is 5.26 Å². The van der Waals surface area contributed by atoms with Gasteiger partial charge in [-0.2, -0.15) is 10.2 Å². The highest BCUT2D eigenvalue weighted by Gasteiger charge is 2.14. The molecule has 3 rings (SSSR count). The molecule has 1 aromatic carbocycles. The van der Waals surface area contributed by atoms with Gasteiger partial charge in [-0.05, 0) is 36.4 Å². The fourth-order valence-electron chi connectivity index (χ4n) is 1.97. The molecule has 0 saturated heterocycles. The van der Waals surface area contributed by atoms with Gasteiger partial charge >= 0.3 is 0 Å². The average Bonchev–Trinajstić information content (AvgIpc) is 2.54. The molecular weight excluding hydrogens is 364 g/mol. The van der Waals surface area contributed by atoms with Crippen LogP contribution < -0.4 is 10.5 Å². The van der Waals surface area contributed by atoms with Gasteiger partial charge in [-0.1, -0.05) is 27.3 Å². The molecule has 7 heteroatoms. The van der Waals surface area contributed by atoms with Crippen molar-refractivity contribution in [2.24, 2.45) is 0 Å². The molecule has 0 amide bonds. The number of nitrogens with zero attached hydrogens (tertiary/aromatic N) is 4. The third-order valence-electron chi connectivity index (χ3n) is 2.98.